The molecule has 1 aliphatic rings. The van der Waals surface area contributed by atoms with Crippen molar-refractivity contribution in [2.24, 2.45) is 0 Å². The maximum absolute atomic E-state index is 12.3. The van der Waals surface area contributed by atoms with Crippen LogP contribution in [0.25, 0.3) is 0 Å². The lowest BCUT2D eigenvalue weighted by molar-refractivity contribution is -0.112. The van der Waals surface area contributed by atoms with E-state index in [0.717, 1.165) is 32.5 Å². The van der Waals surface area contributed by atoms with Crippen molar-refractivity contribution in [1.82, 2.24) is 10.2 Å². The van der Waals surface area contributed by atoms with Crippen LogP contribution in [0.4, 0.5) is 11.4 Å². The number of anilines is 2. The molecule has 1 aliphatic heterocycles. The minimum absolute atomic E-state index is 0.0588. The normalized spacial score (nSPS) is 15.6. The zero-order chi connectivity index (χ0) is 19.8. The average Bonchev–Trinajstić information content (AvgIpc) is 2.72. The minimum Gasteiger partial charge on any atom is -0.399 e. The van der Waals surface area contributed by atoms with Crippen LogP contribution in [0.2, 0.25) is 0 Å². The minimum atomic E-state index is -0.429. The van der Waals surface area contributed by atoms with Crippen molar-refractivity contribution in [3.8, 4) is 6.07 Å². The van der Waals surface area contributed by atoms with E-state index < -0.39 is 5.91 Å². The van der Waals surface area contributed by atoms with Crippen LogP contribution in [0.1, 0.15) is 18.4 Å². The van der Waals surface area contributed by atoms with Gasteiger partial charge < -0.3 is 16.4 Å². The van der Waals surface area contributed by atoms with E-state index in [1.54, 1.807) is 24.3 Å². The predicted octanol–water partition coefficient (Wildman–Crippen LogP) is 2.87. The quantitative estimate of drug-likeness (QED) is 0.410. The second-order valence-corrected chi connectivity index (χ2v) is 6.95. The maximum Gasteiger partial charge on any atom is 0.267 e. The molecule has 0 bridgehead atoms. The number of nitrogens with zero attached hydrogens (tertiary/aromatic N) is 2. The molecule has 2 aromatic rings. The van der Waals surface area contributed by atoms with Gasteiger partial charge in [-0.1, -0.05) is 30.3 Å². The Labute approximate surface area is 165 Å². The van der Waals surface area contributed by atoms with E-state index in [2.05, 4.69) is 39.8 Å². The SMILES string of the molecule is N#C/C(=C/NC1CCN(Cc2ccccc2)CC1)C(=O)Nc1ccc(N)cc1. The molecule has 0 unspecified atom stereocenters. The second-order valence-electron chi connectivity index (χ2n) is 6.95. The molecular formula is C22H25N5O. The molecule has 144 valence electrons. The number of nitrogens with two attached hydrogens (primary N) is 1. The molecule has 4 N–H and O–H groups in total. The van der Waals surface area contributed by atoms with Crippen LogP contribution < -0.4 is 16.4 Å². The Kier molecular flexibility index (Phi) is 6.66. The highest BCUT2D eigenvalue weighted by atomic mass is 16.1. The number of nitrogens with one attached hydrogen (secondary N) is 2. The predicted molar refractivity (Wildman–Crippen MR) is 111 cm³/mol. The lowest BCUT2D eigenvalue weighted by atomic mass is 10.0. The Morgan fingerprint density at radius 3 is 2.46 bits per heavy atom. The number of carbonyl (C=O) groups excluding carboxylic acids is 1. The van der Waals surface area contributed by atoms with Gasteiger partial charge in [0.15, 0.2) is 0 Å². The van der Waals surface area contributed by atoms with E-state index in [1.165, 1.54) is 11.8 Å². The number of likely N-dealkylation sites (tertiary alicyclic amines) is 1. The van der Waals surface area contributed by atoms with Crippen LogP contribution in [0.3, 0.4) is 0 Å². The number of hydrogen-bond donors (Lipinski definition) is 3. The van der Waals surface area contributed by atoms with Gasteiger partial charge in [0.05, 0.1) is 0 Å². The smallest absolute Gasteiger partial charge is 0.267 e. The van der Waals surface area contributed by atoms with Crippen LogP contribution in [-0.2, 0) is 11.3 Å². The van der Waals surface area contributed by atoms with Crippen molar-refractivity contribution in [3.63, 3.8) is 0 Å². The van der Waals surface area contributed by atoms with Gasteiger partial charge in [-0.15, -0.1) is 0 Å². The third kappa shape index (κ3) is 5.60. The van der Waals surface area contributed by atoms with Gasteiger partial charge in [0.2, 0.25) is 0 Å². The molecule has 1 saturated heterocycles. The van der Waals surface area contributed by atoms with E-state index in [1.807, 2.05) is 12.1 Å². The highest BCUT2D eigenvalue weighted by Crippen LogP contribution is 2.15. The molecular weight excluding hydrogens is 350 g/mol. The Hall–Kier alpha value is -3.30. The number of rotatable bonds is 6. The second kappa shape index (κ2) is 9.58. The lowest BCUT2D eigenvalue weighted by Crippen LogP contribution is -2.40. The molecule has 0 saturated carbocycles. The molecule has 6 heteroatoms. The zero-order valence-corrected chi connectivity index (χ0v) is 15.8. The van der Waals surface area contributed by atoms with E-state index >= 15 is 0 Å². The molecule has 0 atom stereocenters. The fourth-order valence-electron chi connectivity index (χ4n) is 3.21. The number of nitrogen functional groups attached to an aromatic ring is 1. The Bertz CT molecular complexity index is 847. The van der Waals surface area contributed by atoms with E-state index in [0.29, 0.717) is 11.4 Å². The molecule has 6 nitrogen and oxygen atoms in total. The van der Waals surface area contributed by atoms with Gasteiger partial charge >= 0.3 is 0 Å². The summed E-state index contributed by atoms with van der Waals surface area (Å²) in [5, 5.41) is 15.3. The Morgan fingerprint density at radius 2 is 1.82 bits per heavy atom. The molecule has 2 aromatic carbocycles. The van der Waals surface area contributed by atoms with Gasteiger partial charge in [0, 0.05) is 43.3 Å². The standard InChI is InChI=1S/C22H25N5O/c23-14-18(22(28)26-21-8-6-19(24)7-9-21)15-25-20-10-12-27(13-11-20)16-17-4-2-1-3-5-17/h1-9,15,20,25H,10-13,16,24H2,(H,26,28)/b18-15-. The van der Waals surface area contributed by atoms with Gasteiger partial charge in [0.1, 0.15) is 11.6 Å². The summed E-state index contributed by atoms with van der Waals surface area (Å²) >= 11 is 0. The van der Waals surface area contributed by atoms with Gasteiger partial charge in [-0.25, -0.2) is 0 Å². The fourth-order valence-corrected chi connectivity index (χ4v) is 3.21. The van der Waals surface area contributed by atoms with Crippen molar-refractivity contribution in [2.45, 2.75) is 25.4 Å². The number of benzene rings is 2. The topological polar surface area (TPSA) is 94.2 Å². The summed E-state index contributed by atoms with van der Waals surface area (Å²) in [7, 11) is 0. The highest BCUT2D eigenvalue weighted by Gasteiger charge is 2.19. The summed E-state index contributed by atoms with van der Waals surface area (Å²) in [5.74, 6) is -0.429. The third-order valence-electron chi connectivity index (χ3n) is 4.83. The largest absolute Gasteiger partial charge is 0.399 e. The molecule has 0 aliphatic carbocycles. The van der Waals surface area contributed by atoms with Crippen LogP contribution in [-0.4, -0.2) is 29.9 Å². The summed E-state index contributed by atoms with van der Waals surface area (Å²) < 4.78 is 0. The summed E-state index contributed by atoms with van der Waals surface area (Å²) in [6, 6.07) is 19.5. The van der Waals surface area contributed by atoms with E-state index in [4.69, 9.17) is 5.73 Å². The van der Waals surface area contributed by atoms with Crippen LogP contribution in [0.15, 0.2) is 66.4 Å². The molecule has 28 heavy (non-hydrogen) atoms. The van der Waals surface area contributed by atoms with Crippen LogP contribution >= 0.6 is 0 Å². The molecule has 1 fully saturated rings. The maximum atomic E-state index is 12.3. The number of nitriles is 1. The Morgan fingerprint density at radius 1 is 1.14 bits per heavy atom. The summed E-state index contributed by atoms with van der Waals surface area (Å²) in [5.41, 5.74) is 8.24. The first-order chi connectivity index (χ1) is 13.6. The van der Waals surface area contributed by atoms with Crippen LogP contribution in [0.5, 0.6) is 0 Å². The van der Waals surface area contributed by atoms with Gasteiger partial charge in [-0.05, 0) is 42.7 Å². The number of carbonyl (C=O) groups is 1. The monoisotopic (exact) mass is 375 g/mol. The summed E-state index contributed by atoms with van der Waals surface area (Å²) in [4.78, 5) is 14.7. The highest BCUT2D eigenvalue weighted by molar-refractivity contribution is 6.06. The molecule has 0 aromatic heterocycles. The molecule has 0 radical (unpaired) electrons. The summed E-state index contributed by atoms with van der Waals surface area (Å²) in [6.45, 7) is 2.93. The van der Waals surface area contributed by atoms with Crippen molar-refractivity contribution in [3.05, 3.63) is 71.9 Å². The zero-order valence-electron chi connectivity index (χ0n) is 15.8. The van der Waals surface area contributed by atoms with Crippen molar-refractivity contribution in [1.29, 1.82) is 5.26 Å². The van der Waals surface area contributed by atoms with Crippen molar-refractivity contribution >= 4 is 17.3 Å². The number of amides is 1. The first-order valence-corrected chi connectivity index (χ1v) is 9.43. The average molecular weight is 375 g/mol. The van der Waals surface area contributed by atoms with Crippen molar-refractivity contribution < 1.29 is 4.79 Å². The van der Waals surface area contributed by atoms with Gasteiger partial charge in [-0.3, -0.25) is 9.69 Å². The molecule has 1 amide bonds. The molecule has 0 spiro atoms. The van der Waals surface area contributed by atoms with Crippen molar-refractivity contribution in [2.75, 3.05) is 24.1 Å². The van der Waals surface area contributed by atoms with E-state index in [-0.39, 0.29) is 11.6 Å². The number of piperidine rings is 1. The molecule has 3 rings (SSSR count). The first kappa shape index (κ1) is 19.5. The summed E-state index contributed by atoms with van der Waals surface area (Å²) in [6.07, 6.45) is 3.48. The fraction of sp³-hybridized carbons (Fsp3) is 0.273. The lowest BCUT2D eigenvalue weighted by Gasteiger charge is -2.32. The number of hydrogen-bond acceptors (Lipinski definition) is 5. The molecule has 1 heterocycles. The van der Waals surface area contributed by atoms with Gasteiger partial charge in [-0.2, -0.15) is 5.26 Å². The van der Waals surface area contributed by atoms with Crippen LogP contribution in [0, 0.1) is 11.3 Å². The Balaban J connectivity index is 1.48. The van der Waals surface area contributed by atoms with E-state index in [9.17, 15) is 10.1 Å². The first-order valence-electron chi connectivity index (χ1n) is 9.43. The third-order valence-corrected chi connectivity index (χ3v) is 4.83. The van der Waals surface area contributed by atoms with Gasteiger partial charge in [0.25, 0.3) is 5.91 Å².